The number of aromatic nitrogens is 3. The lowest BCUT2D eigenvalue weighted by molar-refractivity contribution is 0.135. The first-order valence-corrected chi connectivity index (χ1v) is 6.61. The van der Waals surface area contributed by atoms with Gasteiger partial charge in [0.25, 0.3) is 6.43 Å². The zero-order valence-electron chi connectivity index (χ0n) is 10.0. The van der Waals surface area contributed by atoms with Gasteiger partial charge < -0.3 is 9.67 Å². The molecule has 2 aromatic rings. The van der Waals surface area contributed by atoms with E-state index in [1.165, 1.54) is 16.7 Å². The van der Waals surface area contributed by atoms with Gasteiger partial charge in [0.15, 0.2) is 5.82 Å². The number of nitrogens with zero attached hydrogens (tertiary/aromatic N) is 3. The summed E-state index contributed by atoms with van der Waals surface area (Å²) in [6, 6.07) is 2.93. The molecular formula is C12H9Cl2F2N3O. The third kappa shape index (κ3) is 2.03. The lowest BCUT2D eigenvalue weighted by atomic mass is 9.96. The van der Waals surface area contributed by atoms with Crippen LogP contribution in [0.4, 0.5) is 8.78 Å². The summed E-state index contributed by atoms with van der Waals surface area (Å²) in [4.78, 5) is 0. The van der Waals surface area contributed by atoms with Crippen LogP contribution in [0.5, 0.6) is 5.75 Å². The molecule has 4 nitrogen and oxygen atoms in total. The van der Waals surface area contributed by atoms with Crippen LogP contribution < -0.4 is 0 Å². The summed E-state index contributed by atoms with van der Waals surface area (Å²) in [5.74, 6) is -0.146. The number of hydrogen-bond acceptors (Lipinski definition) is 3. The molecule has 1 aliphatic rings. The van der Waals surface area contributed by atoms with Gasteiger partial charge in [-0.25, -0.2) is 8.78 Å². The van der Waals surface area contributed by atoms with E-state index in [4.69, 9.17) is 23.2 Å². The minimum Gasteiger partial charge on any atom is -0.508 e. The van der Waals surface area contributed by atoms with Gasteiger partial charge >= 0.3 is 0 Å². The molecule has 0 radical (unpaired) electrons. The van der Waals surface area contributed by atoms with Crippen LogP contribution in [-0.2, 0) is 13.0 Å². The Kier molecular flexibility index (Phi) is 3.30. The second-order valence-electron chi connectivity index (χ2n) is 4.58. The molecule has 1 aromatic heterocycles. The van der Waals surface area contributed by atoms with Crippen molar-refractivity contribution in [2.45, 2.75) is 25.3 Å². The monoisotopic (exact) mass is 319 g/mol. The molecule has 0 spiro atoms. The van der Waals surface area contributed by atoms with Gasteiger partial charge in [-0.15, -0.1) is 10.2 Å². The first-order valence-electron chi connectivity index (χ1n) is 5.86. The predicted molar refractivity (Wildman–Crippen MR) is 69.6 cm³/mol. The van der Waals surface area contributed by atoms with E-state index >= 15 is 0 Å². The number of benzene rings is 1. The molecule has 1 atom stereocenters. The summed E-state index contributed by atoms with van der Waals surface area (Å²) in [5, 5.41) is 17.7. The highest BCUT2D eigenvalue weighted by Crippen LogP contribution is 2.42. The van der Waals surface area contributed by atoms with Crippen LogP contribution in [0.3, 0.4) is 0 Å². The van der Waals surface area contributed by atoms with Crippen molar-refractivity contribution < 1.29 is 13.9 Å². The molecule has 3 rings (SSSR count). The van der Waals surface area contributed by atoms with E-state index in [9.17, 15) is 13.9 Å². The van der Waals surface area contributed by atoms with Crippen molar-refractivity contribution in [1.82, 2.24) is 14.8 Å². The topological polar surface area (TPSA) is 50.9 Å². The van der Waals surface area contributed by atoms with E-state index in [1.807, 2.05) is 0 Å². The Morgan fingerprint density at radius 3 is 2.75 bits per heavy atom. The number of phenols is 1. The first-order chi connectivity index (χ1) is 9.49. The Morgan fingerprint density at radius 2 is 2.05 bits per heavy atom. The summed E-state index contributed by atoms with van der Waals surface area (Å²) < 4.78 is 26.9. The van der Waals surface area contributed by atoms with Gasteiger partial charge in [-0.05, 0) is 12.1 Å². The molecule has 1 aromatic carbocycles. The highest BCUT2D eigenvalue weighted by molar-refractivity contribution is 6.42. The van der Waals surface area contributed by atoms with E-state index in [0.717, 1.165) is 0 Å². The molecule has 20 heavy (non-hydrogen) atoms. The highest BCUT2D eigenvalue weighted by Gasteiger charge is 2.33. The standard InChI is InChI=1S/C12H9Cl2F2N3O/c13-6-1-2-7(20)9(10(6)14)5-3-8-17-18-12(11(15)16)19(8)4-5/h1-2,5,11,20H,3-4H2. The highest BCUT2D eigenvalue weighted by atomic mass is 35.5. The van der Waals surface area contributed by atoms with E-state index in [2.05, 4.69) is 10.2 Å². The Morgan fingerprint density at radius 1 is 1.30 bits per heavy atom. The van der Waals surface area contributed by atoms with Crippen LogP contribution in [-0.4, -0.2) is 19.9 Å². The summed E-state index contributed by atoms with van der Waals surface area (Å²) in [5.41, 5.74) is 0.463. The lowest BCUT2D eigenvalue weighted by Gasteiger charge is -2.14. The summed E-state index contributed by atoms with van der Waals surface area (Å²) >= 11 is 12.0. The van der Waals surface area contributed by atoms with Crippen LogP contribution in [0.25, 0.3) is 0 Å². The van der Waals surface area contributed by atoms with E-state index in [0.29, 0.717) is 22.8 Å². The van der Waals surface area contributed by atoms with Crippen LogP contribution in [0.1, 0.15) is 29.6 Å². The SMILES string of the molecule is Oc1ccc(Cl)c(Cl)c1C1Cc2nnc(C(F)F)n2C1. The number of rotatable bonds is 2. The molecule has 1 N–H and O–H groups in total. The summed E-state index contributed by atoms with van der Waals surface area (Å²) in [6.07, 6.45) is -2.30. The van der Waals surface area contributed by atoms with Crippen LogP contribution in [0.15, 0.2) is 12.1 Å². The van der Waals surface area contributed by atoms with Crippen molar-refractivity contribution in [2.24, 2.45) is 0 Å². The van der Waals surface area contributed by atoms with E-state index in [1.54, 1.807) is 0 Å². The van der Waals surface area contributed by atoms with Crippen molar-refractivity contribution in [3.05, 3.63) is 39.4 Å². The zero-order valence-corrected chi connectivity index (χ0v) is 11.5. The van der Waals surface area contributed by atoms with Gasteiger partial charge in [-0.2, -0.15) is 0 Å². The predicted octanol–water partition coefficient (Wildman–Crippen LogP) is 3.57. The fourth-order valence-corrected chi connectivity index (χ4v) is 2.98. The molecule has 0 saturated heterocycles. The Labute approximate surface area is 123 Å². The van der Waals surface area contributed by atoms with Crippen molar-refractivity contribution in [3.8, 4) is 5.75 Å². The van der Waals surface area contributed by atoms with Crippen molar-refractivity contribution in [1.29, 1.82) is 0 Å². The van der Waals surface area contributed by atoms with Crippen LogP contribution in [0.2, 0.25) is 10.0 Å². The molecule has 0 aliphatic carbocycles. The molecule has 1 aliphatic heterocycles. The number of phenolic OH excluding ortho intramolecular Hbond substituents is 1. The first kappa shape index (κ1) is 13.6. The number of hydrogen-bond donors (Lipinski definition) is 1. The van der Waals surface area contributed by atoms with Gasteiger partial charge in [0.2, 0.25) is 0 Å². The second kappa shape index (κ2) is 4.86. The van der Waals surface area contributed by atoms with Gasteiger partial charge in [0.1, 0.15) is 11.6 Å². The third-order valence-corrected chi connectivity index (χ3v) is 4.22. The maximum Gasteiger partial charge on any atom is 0.297 e. The Hall–Kier alpha value is -1.40. The molecule has 0 saturated carbocycles. The normalized spacial score (nSPS) is 17.8. The van der Waals surface area contributed by atoms with Crippen molar-refractivity contribution in [2.75, 3.05) is 0 Å². The zero-order chi connectivity index (χ0) is 14.4. The van der Waals surface area contributed by atoms with Gasteiger partial charge in [0, 0.05) is 24.4 Å². The minimum atomic E-state index is -2.68. The van der Waals surface area contributed by atoms with Crippen molar-refractivity contribution in [3.63, 3.8) is 0 Å². The Balaban J connectivity index is 1.99. The fraction of sp³-hybridized carbons (Fsp3) is 0.333. The fourth-order valence-electron chi connectivity index (χ4n) is 2.50. The maximum absolute atomic E-state index is 12.8. The molecule has 8 heteroatoms. The third-order valence-electron chi connectivity index (χ3n) is 3.40. The number of aromatic hydroxyl groups is 1. The maximum atomic E-state index is 12.8. The Bertz CT molecular complexity index is 675. The van der Waals surface area contributed by atoms with Crippen LogP contribution >= 0.6 is 23.2 Å². The molecule has 0 amide bonds. The molecule has 2 heterocycles. The number of alkyl halides is 2. The van der Waals surface area contributed by atoms with Crippen LogP contribution in [0, 0.1) is 0 Å². The number of halogens is 4. The van der Waals surface area contributed by atoms with E-state index < -0.39 is 6.43 Å². The van der Waals surface area contributed by atoms with Gasteiger partial charge in [0.05, 0.1) is 10.0 Å². The van der Waals surface area contributed by atoms with Gasteiger partial charge in [-0.1, -0.05) is 23.2 Å². The summed E-state index contributed by atoms with van der Waals surface area (Å²) in [6.45, 7) is 0.246. The largest absolute Gasteiger partial charge is 0.508 e. The molecule has 0 bridgehead atoms. The number of fused-ring (bicyclic) bond motifs is 1. The average molecular weight is 320 g/mol. The average Bonchev–Trinajstić information content (AvgIpc) is 2.93. The minimum absolute atomic E-state index is 0.00158. The van der Waals surface area contributed by atoms with Gasteiger partial charge in [-0.3, -0.25) is 0 Å². The quantitative estimate of drug-likeness (QED) is 0.920. The lowest BCUT2D eigenvalue weighted by Crippen LogP contribution is -2.06. The molecular weight excluding hydrogens is 311 g/mol. The summed E-state index contributed by atoms with van der Waals surface area (Å²) in [7, 11) is 0. The smallest absolute Gasteiger partial charge is 0.297 e. The molecule has 1 unspecified atom stereocenters. The van der Waals surface area contributed by atoms with E-state index in [-0.39, 0.29) is 29.1 Å². The second-order valence-corrected chi connectivity index (χ2v) is 5.37. The molecule has 106 valence electrons. The molecule has 0 fully saturated rings. The van der Waals surface area contributed by atoms with Crippen molar-refractivity contribution >= 4 is 23.2 Å².